The number of likely N-dealkylation sites (N-methyl/N-ethyl adjacent to an activating group) is 1. The molecule has 21 heavy (non-hydrogen) atoms. The van der Waals surface area contributed by atoms with E-state index in [-0.39, 0.29) is 12.2 Å². The van der Waals surface area contributed by atoms with Crippen LogP contribution in [0.2, 0.25) is 0 Å². The summed E-state index contributed by atoms with van der Waals surface area (Å²) < 4.78 is 39.5. The summed E-state index contributed by atoms with van der Waals surface area (Å²) in [7, 11) is -2.51. The fraction of sp³-hybridized carbons (Fsp3) is 0.214. The van der Waals surface area contributed by atoms with Gasteiger partial charge in [-0.05, 0) is 30.3 Å². The lowest BCUT2D eigenvalue weighted by Gasteiger charge is -2.17. The molecule has 0 bridgehead atoms. The van der Waals surface area contributed by atoms with Crippen LogP contribution in [-0.2, 0) is 16.4 Å². The normalized spacial score (nSPS) is 11.8. The van der Waals surface area contributed by atoms with Crippen LogP contribution in [-0.4, -0.2) is 31.3 Å². The van der Waals surface area contributed by atoms with E-state index in [4.69, 9.17) is 5.73 Å². The highest BCUT2D eigenvalue weighted by Crippen LogP contribution is 2.21. The third-order valence-corrected chi connectivity index (χ3v) is 4.92. The van der Waals surface area contributed by atoms with Gasteiger partial charge in [0.2, 0.25) is 10.0 Å². The van der Waals surface area contributed by atoms with Crippen LogP contribution >= 0.6 is 0 Å². The van der Waals surface area contributed by atoms with Gasteiger partial charge < -0.3 is 5.73 Å². The first-order valence-corrected chi connectivity index (χ1v) is 7.76. The van der Waals surface area contributed by atoms with Gasteiger partial charge >= 0.3 is 0 Å². The van der Waals surface area contributed by atoms with Crippen LogP contribution in [0.1, 0.15) is 5.69 Å². The second kappa shape index (κ2) is 6.19. The topological polar surface area (TPSA) is 76.3 Å². The van der Waals surface area contributed by atoms with Gasteiger partial charge in [0.05, 0.1) is 0 Å². The van der Waals surface area contributed by atoms with Crippen molar-refractivity contribution in [1.29, 1.82) is 0 Å². The predicted molar refractivity (Wildman–Crippen MR) is 78.6 cm³/mol. The summed E-state index contributed by atoms with van der Waals surface area (Å²) in [4.78, 5) is 3.71. The third-order valence-electron chi connectivity index (χ3n) is 3.05. The van der Waals surface area contributed by atoms with Crippen LogP contribution in [0.15, 0.2) is 47.5 Å². The largest absolute Gasteiger partial charge is 0.399 e. The molecule has 1 aromatic carbocycles. The van der Waals surface area contributed by atoms with Crippen molar-refractivity contribution in [3.8, 4) is 0 Å². The van der Waals surface area contributed by atoms with Gasteiger partial charge in [0.1, 0.15) is 10.7 Å². The van der Waals surface area contributed by atoms with Gasteiger partial charge in [0.25, 0.3) is 0 Å². The van der Waals surface area contributed by atoms with E-state index in [1.54, 1.807) is 12.3 Å². The number of nitrogens with zero attached hydrogens (tertiary/aromatic N) is 2. The lowest BCUT2D eigenvalue weighted by Crippen LogP contribution is -2.30. The van der Waals surface area contributed by atoms with Crippen molar-refractivity contribution < 1.29 is 12.8 Å². The Morgan fingerprint density at radius 3 is 2.71 bits per heavy atom. The fourth-order valence-corrected chi connectivity index (χ4v) is 3.09. The van der Waals surface area contributed by atoms with E-state index >= 15 is 0 Å². The number of anilines is 1. The molecule has 112 valence electrons. The Labute approximate surface area is 123 Å². The number of hydrogen-bond acceptors (Lipinski definition) is 4. The molecule has 5 nitrogen and oxygen atoms in total. The zero-order chi connectivity index (χ0) is 15.5. The Balaban J connectivity index is 2.17. The van der Waals surface area contributed by atoms with Crippen molar-refractivity contribution in [3.05, 3.63) is 54.1 Å². The SMILES string of the molecule is CN(CCc1ccccn1)S(=O)(=O)c1cc(N)ccc1F. The zero-order valence-electron chi connectivity index (χ0n) is 11.5. The number of nitrogens with two attached hydrogens (primary N) is 1. The molecule has 1 aromatic heterocycles. The lowest BCUT2D eigenvalue weighted by atomic mass is 10.3. The molecular formula is C14H16FN3O2S. The Bertz CT molecular complexity index is 720. The average Bonchev–Trinajstić information content (AvgIpc) is 2.48. The molecule has 0 amide bonds. The average molecular weight is 309 g/mol. The maximum absolute atomic E-state index is 13.7. The molecule has 0 radical (unpaired) electrons. The number of nitrogen functional groups attached to an aromatic ring is 1. The Kier molecular flexibility index (Phi) is 4.54. The van der Waals surface area contributed by atoms with Crippen molar-refractivity contribution in [3.63, 3.8) is 0 Å². The first-order chi connectivity index (χ1) is 9.91. The minimum absolute atomic E-state index is 0.202. The second-order valence-corrected chi connectivity index (χ2v) is 6.60. The summed E-state index contributed by atoms with van der Waals surface area (Å²) >= 11 is 0. The lowest BCUT2D eigenvalue weighted by molar-refractivity contribution is 0.464. The molecule has 0 saturated carbocycles. The van der Waals surface area contributed by atoms with Crippen molar-refractivity contribution in [1.82, 2.24) is 9.29 Å². The van der Waals surface area contributed by atoms with Gasteiger partial charge in [0.15, 0.2) is 0 Å². The van der Waals surface area contributed by atoms with E-state index in [1.807, 2.05) is 12.1 Å². The zero-order valence-corrected chi connectivity index (χ0v) is 12.3. The van der Waals surface area contributed by atoms with E-state index in [1.165, 1.54) is 13.1 Å². The summed E-state index contributed by atoms with van der Waals surface area (Å²) in [5.74, 6) is -0.811. The van der Waals surface area contributed by atoms with Gasteiger partial charge in [-0.25, -0.2) is 17.1 Å². The minimum Gasteiger partial charge on any atom is -0.399 e. The molecule has 0 aliphatic rings. The number of aromatic nitrogens is 1. The van der Waals surface area contributed by atoms with E-state index in [0.717, 1.165) is 22.1 Å². The molecule has 0 fully saturated rings. The van der Waals surface area contributed by atoms with Crippen molar-refractivity contribution in [2.75, 3.05) is 19.3 Å². The maximum Gasteiger partial charge on any atom is 0.245 e. The molecule has 2 N–H and O–H groups in total. The summed E-state index contributed by atoms with van der Waals surface area (Å²) in [6, 6.07) is 8.92. The second-order valence-electron chi connectivity index (χ2n) is 4.59. The molecule has 0 unspecified atom stereocenters. The Hall–Kier alpha value is -1.99. The smallest absolute Gasteiger partial charge is 0.245 e. The monoisotopic (exact) mass is 309 g/mol. The number of sulfonamides is 1. The van der Waals surface area contributed by atoms with Crippen LogP contribution < -0.4 is 5.73 Å². The van der Waals surface area contributed by atoms with E-state index in [9.17, 15) is 12.8 Å². The molecule has 0 saturated heterocycles. The highest BCUT2D eigenvalue weighted by Gasteiger charge is 2.24. The highest BCUT2D eigenvalue weighted by molar-refractivity contribution is 7.89. The molecule has 7 heteroatoms. The summed E-state index contributed by atoms with van der Waals surface area (Å²) in [6.45, 7) is 0.202. The number of pyridine rings is 1. The molecule has 1 heterocycles. The Morgan fingerprint density at radius 2 is 2.05 bits per heavy atom. The predicted octanol–water partition coefficient (Wildman–Crippen LogP) is 1.67. The Morgan fingerprint density at radius 1 is 1.29 bits per heavy atom. The molecular weight excluding hydrogens is 293 g/mol. The molecule has 0 atom stereocenters. The number of halogens is 1. The fourth-order valence-electron chi connectivity index (χ4n) is 1.82. The third kappa shape index (κ3) is 3.56. The molecule has 0 aliphatic carbocycles. The number of rotatable bonds is 5. The van der Waals surface area contributed by atoms with Crippen LogP contribution in [0, 0.1) is 5.82 Å². The van der Waals surface area contributed by atoms with Gasteiger partial charge in [0, 0.05) is 37.6 Å². The minimum atomic E-state index is -3.91. The maximum atomic E-state index is 13.7. The van der Waals surface area contributed by atoms with Crippen molar-refractivity contribution in [2.24, 2.45) is 0 Å². The van der Waals surface area contributed by atoms with Crippen LogP contribution in [0.3, 0.4) is 0 Å². The van der Waals surface area contributed by atoms with Crippen molar-refractivity contribution in [2.45, 2.75) is 11.3 Å². The summed E-state index contributed by atoms with van der Waals surface area (Å²) in [5, 5.41) is 0. The van der Waals surface area contributed by atoms with Gasteiger partial charge in [-0.15, -0.1) is 0 Å². The van der Waals surface area contributed by atoms with Crippen molar-refractivity contribution >= 4 is 15.7 Å². The standard InChI is InChI=1S/C14H16FN3O2S/c1-18(9-7-12-4-2-3-8-17-12)21(19,20)14-10-11(16)5-6-13(14)15/h2-6,8,10H,7,9,16H2,1H3. The first-order valence-electron chi connectivity index (χ1n) is 6.32. The molecule has 0 spiro atoms. The van der Waals surface area contributed by atoms with Gasteiger partial charge in [-0.1, -0.05) is 6.07 Å². The van der Waals surface area contributed by atoms with Crippen LogP contribution in [0.4, 0.5) is 10.1 Å². The summed E-state index contributed by atoms with van der Waals surface area (Å²) in [5.41, 5.74) is 6.50. The van der Waals surface area contributed by atoms with Gasteiger partial charge in [-0.2, -0.15) is 0 Å². The van der Waals surface area contributed by atoms with Crippen LogP contribution in [0.5, 0.6) is 0 Å². The molecule has 0 aliphatic heterocycles. The van der Waals surface area contributed by atoms with E-state index in [2.05, 4.69) is 4.98 Å². The molecule has 2 aromatic rings. The molecule has 2 rings (SSSR count). The highest BCUT2D eigenvalue weighted by atomic mass is 32.2. The first kappa shape index (κ1) is 15.4. The number of hydrogen-bond donors (Lipinski definition) is 1. The van der Waals surface area contributed by atoms with E-state index in [0.29, 0.717) is 6.42 Å². The summed E-state index contributed by atoms with van der Waals surface area (Å²) in [6.07, 6.45) is 2.09. The number of benzene rings is 1. The van der Waals surface area contributed by atoms with Gasteiger partial charge in [-0.3, -0.25) is 4.98 Å². The van der Waals surface area contributed by atoms with Crippen LogP contribution in [0.25, 0.3) is 0 Å². The quantitative estimate of drug-likeness (QED) is 0.852. The van der Waals surface area contributed by atoms with E-state index < -0.39 is 20.7 Å².